The summed E-state index contributed by atoms with van der Waals surface area (Å²) in [4.78, 5) is 13.1. The van der Waals surface area contributed by atoms with E-state index in [4.69, 9.17) is 4.74 Å². The van der Waals surface area contributed by atoms with Crippen molar-refractivity contribution in [2.45, 2.75) is 25.7 Å². The van der Waals surface area contributed by atoms with Crippen molar-refractivity contribution in [3.63, 3.8) is 0 Å². The second-order valence-electron chi connectivity index (χ2n) is 4.82. The van der Waals surface area contributed by atoms with Gasteiger partial charge in [0.15, 0.2) is 0 Å². The molecule has 1 aromatic carbocycles. The first-order valence-corrected chi connectivity index (χ1v) is 8.15. The van der Waals surface area contributed by atoms with Crippen molar-refractivity contribution in [1.82, 2.24) is 5.43 Å². The average molecular weight is 316 g/mol. The van der Waals surface area contributed by atoms with Crippen molar-refractivity contribution >= 4 is 23.5 Å². The Kier molecular flexibility index (Phi) is 6.64. The molecule has 1 aromatic heterocycles. The fourth-order valence-electron chi connectivity index (χ4n) is 2.04. The molecule has 0 saturated heterocycles. The topological polar surface area (TPSA) is 50.7 Å². The summed E-state index contributed by atoms with van der Waals surface area (Å²) in [6.45, 7) is 0. The highest BCUT2D eigenvalue weighted by atomic mass is 32.1. The van der Waals surface area contributed by atoms with Gasteiger partial charge in [-0.25, -0.2) is 5.43 Å². The van der Waals surface area contributed by atoms with Crippen LogP contribution in [-0.2, 0) is 11.2 Å². The lowest BCUT2D eigenvalue weighted by atomic mass is 10.2. The summed E-state index contributed by atoms with van der Waals surface area (Å²) < 4.78 is 5.21. The molecule has 0 radical (unpaired) electrons. The third-order valence-corrected chi connectivity index (χ3v) is 4.13. The van der Waals surface area contributed by atoms with Gasteiger partial charge in [-0.3, -0.25) is 4.79 Å². The molecule has 0 fully saturated rings. The van der Waals surface area contributed by atoms with E-state index in [9.17, 15) is 4.79 Å². The van der Waals surface area contributed by atoms with Gasteiger partial charge in [0.25, 0.3) is 0 Å². The van der Waals surface area contributed by atoms with Gasteiger partial charge in [0.1, 0.15) is 5.75 Å². The van der Waals surface area contributed by atoms with E-state index in [2.05, 4.69) is 28.0 Å². The van der Waals surface area contributed by atoms with Crippen LogP contribution in [0.25, 0.3) is 0 Å². The number of aryl methyl sites for hydroxylation is 1. The van der Waals surface area contributed by atoms with Crippen molar-refractivity contribution in [2.75, 3.05) is 7.11 Å². The van der Waals surface area contributed by atoms with Crippen LogP contribution in [0, 0.1) is 0 Å². The maximum atomic E-state index is 11.7. The number of carbonyl (C=O) groups excluding carboxylic acids is 1. The lowest BCUT2D eigenvalue weighted by Gasteiger charge is -2.03. The van der Waals surface area contributed by atoms with Crippen LogP contribution in [0.4, 0.5) is 0 Å². The molecule has 4 nitrogen and oxygen atoms in total. The maximum absolute atomic E-state index is 11.7. The summed E-state index contributed by atoms with van der Waals surface area (Å²) in [6.07, 6.45) is 5.02. The van der Waals surface area contributed by atoms with Gasteiger partial charge >= 0.3 is 0 Å². The van der Waals surface area contributed by atoms with Gasteiger partial charge < -0.3 is 4.74 Å². The normalized spacial score (nSPS) is 10.8. The Bertz CT molecular complexity index is 609. The van der Waals surface area contributed by atoms with Gasteiger partial charge in [0.05, 0.1) is 13.3 Å². The Morgan fingerprint density at radius 3 is 2.91 bits per heavy atom. The van der Waals surface area contributed by atoms with Crippen LogP contribution in [0.5, 0.6) is 5.75 Å². The van der Waals surface area contributed by atoms with Crippen molar-refractivity contribution in [1.29, 1.82) is 0 Å². The summed E-state index contributed by atoms with van der Waals surface area (Å²) in [7, 11) is 1.61. The second-order valence-corrected chi connectivity index (χ2v) is 5.85. The van der Waals surface area contributed by atoms with Gasteiger partial charge in [-0.15, -0.1) is 11.3 Å². The fraction of sp³-hybridized carbons (Fsp3) is 0.294. The predicted octanol–water partition coefficient (Wildman–Crippen LogP) is 3.62. The molecular weight excluding hydrogens is 296 g/mol. The number of methoxy groups -OCH3 is 1. The van der Waals surface area contributed by atoms with Crippen LogP contribution in [-0.4, -0.2) is 19.2 Å². The van der Waals surface area contributed by atoms with E-state index in [0.717, 1.165) is 30.6 Å². The van der Waals surface area contributed by atoms with Crippen molar-refractivity contribution < 1.29 is 9.53 Å². The number of carbonyl (C=O) groups is 1. The Morgan fingerprint density at radius 1 is 1.27 bits per heavy atom. The Hall–Kier alpha value is -2.14. The Labute approximate surface area is 134 Å². The fourth-order valence-corrected chi connectivity index (χ4v) is 2.79. The number of benzene rings is 1. The van der Waals surface area contributed by atoms with Crippen LogP contribution in [0.1, 0.15) is 29.7 Å². The SMILES string of the molecule is COc1ccccc1/C=N/NC(=O)CCCCc1cccs1. The standard InChI is InChI=1S/C17H20N2O2S/c1-21-16-10-4-2-7-14(16)13-18-19-17(20)11-5-3-8-15-9-6-12-22-15/h2,4,6-7,9-10,12-13H,3,5,8,11H2,1H3,(H,19,20)/b18-13+. The van der Waals surface area contributed by atoms with Crippen LogP contribution >= 0.6 is 11.3 Å². The van der Waals surface area contributed by atoms with Crippen LogP contribution in [0.15, 0.2) is 46.9 Å². The van der Waals surface area contributed by atoms with Crippen LogP contribution in [0.2, 0.25) is 0 Å². The second kappa shape index (κ2) is 9.00. The van der Waals surface area contributed by atoms with E-state index >= 15 is 0 Å². The largest absolute Gasteiger partial charge is 0.496 e. The zero-order valence-corrected chi connectivity index (χ0v) is 13.4. The predicted molar refractivity (Wildman–Crippen MR) is 90.6 cm³/mol. The van der Waals surface area contributed by atoms with E-state index < -0.39 is 0 Å². The molecular formula is C17H20N2O2S. The molecule has 116 valence electrons. The lowest BCUT2D eigenvalue weighted by Crippen LogP contribution is -2.17. The third-order valence-electron chi connectivity index (χ3n) is 3.19. The Morgan fingerprint density at radius 2 is 2.14 bits per heavy atom. The number of unbranched alkanes of at least 4 members (excludes halogenated alkanes) is 1. The zero-order valence-electron chi connectivity index (χ0n) is 12.6. The lowest BCUT2D eigenvalue weighted by molar-refractivity contribution is -0.121. The minimum atomic E-state index is -0.0580. The number of hydrogen-bond donors (Lipinski definition) is 1. The minimum absolute atomic E-state index is 0.0580. The number of hydrazone groups is 1. The summed E-state index contributed by atoms with van der Waals surface area (Å²) in [6, 6.07) is 11.7. The molecule has 0 aliphatic heterocycles. The van der Waals surface area contributed by atoms with Gasteiger partial charge in [-0.1, -0.05) is 18.2 Å². The van der Waals surface area contributed by atoms with E-state index in [0.29, 0.717) is 6.42 Å². The summed E-state index contributed by atoms with van der Waals surface area (Å²) in [5.74, 6) is 0.675. The van der Waals surface area contributed by atoms with Gasteiger partial charge in [0.2, 0.25) is 5.91 Å². The number of para-hydroxylation sites is 1. The van der Waals surface area contributed by atoms with E-state index in [-0.39, 0.29) is 5.91 Å². The van der Waals surface area contributed by atoms with Crippen LogP contribution in [0.3, 0.4) is 0 Å². The molecule has 1 N–H and O–H groups in total. The number of rotatable bonds is 8. The molecule has 5 heteroatoms. The van der Waals surface area contributed by atoms with Crippen molar-refractivity contribution in [2.24, 2.45) is 5.10 Å². The molecule has 2 aromatic rings. The molecule has 0 unspecified atom stereocenters. The monoisotopic (exact) mass is 316 g/mol. The first kappa shape index (κ1) is 16.2. The molecule has 2 rings (SSSR count). The number of nitrogens with one attached hydrogen (secondary N) is 1. The number of amides is 1. The molecule has 0 saturated carbocycles. The van der Waals surface area contributed by atoms with Crippen LogP contribution < -0.4 is 10.2 Å². The quantitative estimate of drug-likeness (QED) is 0.459. The minimum Gasteiger partial charge on any atom is -0.496 e. The summed E-state index contributed by atoms with van der Waals surface area (Å²) in [5.41, 5.74) is 3.39. The number of hydrogen-bond acceptors (Lipinski definition) is 4. The summed E-state index contributed by atoms with van der Waals surface area (Å²) in [5, 5.41) is 6.05. The van der Waals surface area contributed by atoms with E-state index in [1.165, 1.54) is 4.88 Å². The van der Waals surface area contributed by atoms with E-state index in [1.54, 1.807) is 24.7 Å². The number of thiophene rings is 1. The average Bonchev–Trinajstić information content (AvgIpc) is 3.05. The first-order chi connectivity index (χ1) is 10.8. The smallest absolute Gasteiger partial charge is 0.240 e. The van der Waals surface area contributed by atoms with Gasteiger partial charge in [0, 0.05) is 16.9 Å². The highest BCUT2D eigenvalue weighted by Gasteiger charge is 2.01. The highest BCUT2D eigenvalue weighted by molar-refractivity contribution is 7.09. The molecule has 0 bridgehead atoms. The third kappa shape index (κ3) is 5.33. The number of ether oxygens (including phenoxy) is 1. The molecule has 1 heterocycles. The maximum Gasteiger partial charge on any atom is 0.240 e. The van der Waals surface area contributed by atoms with Gasteiger partial charge in [-0.05, 0) is 42.8 Å². The molecule has 0 aliphatic carbocycles. The van der Waals surface area contributed by atoms with Gasteiger partial charge in [-0.2, -0.15) is 5.10 Å². The molecule has 1 amide bonds. The molecule has 0 atom stereocenters. The highest BCUT2D eigenvalue weighted by Crippen LogP contribution is 2.14. The van der Waals surface area contributed by atoms with Crippen molar-refractivity contribution in [3.05, 3.63) is 52.2 Å². The summed E-state index contributed by atoms with van der Waals surface area (Å²) >= 11 is 1.76. The van der Waals surface area contributed by atoms with E-state index in [1.807, 2.05) is 24.3 Å². The molecule has 0 aliphatic rings. The number of nitrogens with zero attached hydrogens (tertiary/aromatic N) is 1. The van der Waals surface area contributed by atoms with Crippen molar-refractivity contribution in [3.8, 4) is 5.75 Å². The molecule has 22 heavy (non-hydrogen) atoms. The zero-order chi connectivity index (χ0) is 15.6. The molecule has 0 spiro atoms. The Balaban J connectivity index is 1.67. The first-order valence-electron chi connectivity index (χ1n) is 7.27.